The highest BCUT2D eigenvalue weighted by Crippen LogP contribution is 2.15. The summed E-state index contributed by atoms with van der Waals surface area (Å²) in [5, 5.41) is 28.5. The lowest BCUT2D eigenvalue weighted by Crippen LogP contribution is -2.54. The zero-order valence-electron chi connectivity index (χ0n) is 12.3. The van der Waals surface area contributed by atoms with Gasteiger partial charge in [-0.05, 0) is 19.3 Å². The molecule has 0 aromatic carbocycles. The third-order valence-corrected chi connectivity index (χ3v) is 3.44. The molecule has 20 heavy (non-hydrogen) atoms. The van der Waals surface area contributed by atoms with Gasteiger partial charge in [0.25, 0.3) is 0 Å². The van der Waals surface area contributed by atoms with Crippen LogP contribution in [0.25, 0.3) is 0 Å². The first-order valence-electron chi connectivity index (χ1n) is 7.55. The van der Waals surface area contributed by atoms with Crippen molar-refractivity contribution in [2.45, 2.75) is 63.4 Å². The molecule has 0 aromatic heterocycles. The van der Waals surface area contributed by atoms with Crippen LogP contribution >= 0.6 is 0 Å². The Hall–Kier alpha value is -0.460. The van der Waals surface area contributed by atoms with E-state index in [9.17, 15) is 15.3 Å². The Morgan fingerprint density at radius 2 is 1.80 bits per heavy atom. The standard InChI is InChI=1S/C15H28O5/c1-2-3-4-5-6-7-8-9-19-11-13-15(18)14(17)12(16)10-20-13/h5-6,12-18H,2-4,7-11H2,1H3/b6-5+/t12-,13+,14+,15+/m0/s1. The molecule has 0 aliphatic carbocycles. The zero-order chi connectivity index (χ0) is 14.8. The van der Waals surface area contributed by atoms with E-state index in [0.717, 1.165) is 19.3 Å². The van der Waals surface area contributed by atoms with Gasteiger partial charge in [0.05, 0.1) is 13.2 Å². The lowest BCUT2D eigenvalue weighted by atomic mass is 10.0. The quantitative estimate of drug-likeness (QED) is 0.436. The number of ether oxygens (including phenoxy) is 2. The van der Waals surface area contributed by atoms with Crippen LogP contribution < -0.4 is 0 Å². The van der Waals surface area contributed by atoms with Crippen molar-refractivity contribution in [2.24, 2.45) is 0 Å². The molecule has 0 unspecified atom stereocenters. The fraction of sp³-hybridized carbons (Fsp3) is 0.867. The first kappa shape index (κ1) is 17.6. The highest BCUT2D eigenvalue weighted by atomic mass is 16.6. The minimum Gasteiger partial charge on any atom is -0.388 e. The predicted octanol–water partition coefficient (Wildman–Crippen LogP) is 1.01. The molecule has 0 spiro atoms. The molecule has 0 bridgehead atoms. The van der Waals surface area contributed by atoms with Gasteiger partial charge in [-0.3, -0.25) is 0 Å². The molecular formula is C15H28O5. The molecule has 1 aliphatic rings. The largest absolute Gasteiger partial charge is 0.388 e. The second-order valence-electron chi connectivity index (χ2n) is 5.25. The third-order valence-electron chi connectivity index (χ3n) is 3.44. The highest BCUT2D eigenvalue weighted by Gasteiger charge is 2.37. The molecule has 1 aliphatic heterocycles. The fourth-order valence-corrected chi connectivity index (χ4v) is 2.07. The molecule has 1 saturated heterocycles. The topological polar surface area (TPSA) is 79.2 Å². The zero-order valence-corrected chi connectivity index (χ0v) is 12.3. The Bertz CT molecular complexity index is 269. The Kier molecular flexibility index (Phi) is 9.05. The number of unbranched alkanes of at least 4 members (excludes halogenated alkanes) is 3. The first-order valence-corrected chi connectivity index (χ1v) is 7.55. The van der Waals surface area contributed by atoms with Gasteiger partial charge in [0.2, 0.25) is 0 Å². The van der Waals surface area contributed by atoms with E-state index in [2.05, 4.69) is 19.1 Å². The SMILES string of the molecule is CCCC/C=C/CCCOC[C@H]1OC[C@H](O)[C@@H](O)[C@@H]1O. The fourth-order valence-electron chi connectivity index (χ4n) is 2.07. The summed E-state index contributed by atoms with van der Waals surface area (Å²) < 4.78 is 10.7. The van der Waals surface area contributed by atoms with E-state index >= 15 is 0 Å². The molecule has 0 radical (unpaired) electrons. The molecule has 5 nitrogen and oxygen atoms in total. The van der Waals surface area contributed by atoms with Crippen LogP contribution in [-0.4, -0.2) is 59.6 Å². The molecule has 1 fully saturated rings. The van der Waals surface area contributed by atoms with Gasteiger partial charge in [-0.25, -0.2) is 0 Å². The van der Waals surface area contributed by atoms with Crippen molar-refractivity contribution in [1.82, 2.24) is 0 Å². The van der Waals surface area contributed by atoms with Crippen molar-refractivity contribution >= 4 is 0 Å². The van der Waals surface area contributed by atoms with Crippen molar-refractivity contribution in [3.8, 4) is 0 Å². The van der Waals surface area contributed by atoms with Gasteiger partial charge in [-0.2, -0.15) is 0 Å². The molecular weight excluding hydrogens is 260 g/mol. The van der Waals surface area contributed by atoms with Crippen molar-refractivity contribution in [2.75, 3.05) is 19.8 Å². The molecule has 0 amide bonds. The normalized spacial score (nSPS) is 31.0. The predicted molar refractivity (Wildman–Crippen MR) is 76.5 cm³/mol. The van der Waals surface area contributed by atoms with Gasteiger partial charge in [0.1, 0.15) is 24.4 Å². The van der Waals surface area contributed by atoms with Crippen LogP contribution in [0.5, 0.6) is 0 Å². The number of aliphatic hydroxyl groups is 3. The lowest BCUT2D eigenvalue weighted by Gasteiger charge is -2.35. The van der Waals surface area contributed by atoms with Gasteiger partial charge in [-0.1, -0.05) is 31.9 Å². The minimum absolute atomic E-state index is 0.0341. The van der Waals surface area contributed by atoms with Crippen LogP contribution in [0.2, 0.25) is 0 Å². The summed E-state index contributed by atoms with van der Waals surface area (Å²) in [4.78, 5) is 0. The van der Waals surface area contributed by atoms with Crippen molar-refractivity contribution in [3.63, 3.8) is 0 Å². The Morgan fingerprint density at radius 3 is 2.50 bits per heavy atom. The molecule has 0 aromatic rings. The summed E-state index contributed by atoms with van der Waals surface area (Å²) in [5.41, 5.74) is 0. The maximum Gasteiger partial charge on any atom is 0.111 e. The third kappa shape index (κ3) is 6.33. The number of rotatable bonds is 9. The van der Waals surface area contributed by atoms with Crippen molar-refractivity contribution < 1.29 is 24.8 Å². The van der Waals surface area contributed by atoms with E-state index < -0.39 is 24.4 Å². The summed E-state index contributed by atoms with van der Waals surface area (Å²) in [6.07, 6.45) is 6.06. The summed E-state index contributed by atoms with van der Waals surface area (Å²) in [6.45, 7) is 3.06. The van der Waals surface area contributed by atoms with Crippen LogP contribution in [-0.2, 0) is 9.47 Å². The summed E-state index contributed by atoms with van der Waals surface area (Å²) in [6, 6.07) is 0. The molecule has 4 atom stereocenters. The number of aliphatic hydroxyl groups excluding tert-OH is 3. The Labute approximate surface area is 121 Å². The molecule has 5 heteroatoms. The van der Waals surface area contributed by atoms with Crippen LogP contribution in [0.1, 0.15) is 39.0 Å². The Balaban J connectivity index is 2.02. The number of hydrogen-bond acceptors (Lipinski definition) is 5. The highest BCUT2D eigenvalue weighted by molar-refractivity contribution is 4.86. The van der Waals surface area contributed by atoms with E-state index in [1.165, 1.54) is 12.8 Å². The summed E-state index contributed by atoms with van der Waals surface area (Å²) in [7, 11) is 0. The first-order chi connectivity index (χ1) is 9.66. The smallest absolute Gasteiger partial charge is 0.111 e. The molecule has 1 rings (SSSR count). The van der Waals surface area contributed by atoms with E-state index in [-0.39, 0.29) is 13.2 Å². The second kappa shape index (κ2) is 10.3. The van der Waals surface area contributed by atoms with Gasteiger partial charge in [0.15, 0.2) is 0 Å². The van der Waals surface area contributed by atoms with Gasteiger partial charge in [-0.15, -0.1) is 0 Å². The lowest BCUT2D eigenvalue weighted by molar-refractivity contribution is -0.199. The maximum atomic E-state index is 9.70. The monoisotopic (exact) mass is 288 g/mol. The average molecular weight is 288 g/mol. The Morgan fingerprint density at radius 1 is 1.10 bits per heavy atom. The van der Waals surface area contributed by atoms with Crippen molar-refractivity contribution in [3.05, 3.63) is 12.2 Å². The van der Waals surface area contributed by atoms with Crippen LogP contribution in [0.4, 0.5) is 0 Å². The molecule has 118 valence electrons. The molecule has 0 saturated carbocycles. The van der Waals surface area contributed by atoms with Crippen LogP contribution in [0, 0.1) is 0 Å². The van der Waals surface area contributed by atoms with Gasteiger partial charge in [0, 0.05) is 6.61 Å². The van der Waals surface area contributed by atoms with E-state index in [1.807, 2.05) is 0 Å². The summed E-state index contributed by atoms with van der Waals surface area (Å²) in [5.74, 6) is 0. The van der Waals surface area contributed by atoms with Gasteiger partial charge < -0.3 is 24.8 Å². The second-order valence-corrected chi connectivity index (χ2v) is 5.25. The van der Waals surface area contributed by atoms with Crippen LogP contribution in [0.15, 0.2) is 12.2 Å². The van der Waals surface area contributed by atoms with Crippen molar-refractivity contribution in [1.29, 1.82) is 0 Å². The van der Waals surface area contributed by atoms with E-state index in [4.69, 9.17) is 9.47 Å². The van der Waals surface area contributed by atoms with E-state index in [0.29, 0.717) is 6.61 Å². The molecule has 1 heterocycles. The van der Waals surface area contributed by atoms with Gasteiger partial charge >= 0.3 is 0 Å². The number of hydrogen-bond donors (Lipinski definition) is 3. The maximum absolute atomic E-state index is 9.70. The average Bonchev–Trinajstić information content (AvgIpc) is 2.45. The number of allylic oxidation sites excluding steroid dienone is 2. The summed E-state index contributed by atoms with van der Waals surface area (Å²) >= 11 is 0. The van der Waals surface area contributed by atoms with E-state index in [1.54, 1.807) is 0 Å². The van der Waals surface area contributed by atoms with Crippen LogP contribution in [0.3, 0.4) is 0 Å². The molecule has 3 N–H and O–H groups in total. The minimum atomic E-state index is -1.15.